The number of aliphatic imine (C=N–C) groups is 1. The Morgan fingerprint density at radius 1 is 1.36 bits per heavy atom. The number of allylic oxidation sites excluding steroid dienone is 4. The molecule has 0 bridgehead atoms. The van der Waals surface area contributed by atoms with Crippen LogP contribution in [-0.4, -0.2) is 14.5 Å². The van der Waals surface area contributed by atoms with Crippen molar-refractivity contribution in [3.63, 3.8) is 0 Å². The van der Waals surface area contributed by atoms with Crippen LogP contribution >= 0.6 is 0 Å². The molecule has 1 aromatic carbocycles. The van der Waals surface area contributed by atoms with E-state index < -0.39 is 11.1 Å². The molecule has 1 aliphatic rings. The monoisotopic (exact) mass is 317 g/mol. The fourth-order valence-corrected chi connectivity index (χ4v) is 3.12. The Morgan fingerprint density at radius 2 is 2.14 bits per heavy atom. The summed E-state index contributed by atoms with van der Waals surface area (Å²) in [5, 5.41) is 0. The number of hydrogen-bond donors (Lipinski definition) is 1. The zero-order valence-electron chi connectivity index (χ0n) is 13.2. The zero-order valence-corrected chi connectivity index (χ0v) is 14.0. The van der Waals surface area contributed by atoms with Gasteiger partial charge in [-0.1, -0.05) is 44.1 Å². The third-order valence-corrected chi connectivity index (χ3v) is 4.58. The van der Waals surface area contributed by atoms with Crippen LogP contribution in [0.2, 0.25) is 0 Å². The summed E-state index contributed by atoms with van der Waals surface area (Å²) < 4.78 is 20.8. The number of benzene rings is 1. The molecular weight excluding hydrogens is 294 g/mol. The van der Waals surface area contributed by atoms with E-state index in [1.54, 1.807) is 18.2 Å². The van der Waals surface area contributed by atoms with Crippen LogP contribution < -0.4 is 0 Å². The lowest BCUT2D eigenvalue weighted by molar-refractivity contribution is 0.564. The van der Waals surface area contributed by atoms with Gasteiger partial charge in [0.05, 0.1) is 16.3 Å². The highest BCUT2D eigenvalue weighted by atomic mass is 32.2. The number of hydrogen-bond acceptors (Lipinski definition) is 2. The molecule has 2 unspecified atom stereocenters. The first-order valence-corrected chi connectivity index (χ1v) is 8.88. The number of rotatable bonds is 4. The predicted octanol–water partition coefficient (Wildman–Crippen LogP) is 5.05. The molecule has 0 saturated carbocycles. The molecule has 0 saturated heterocycles. The van der Waals surface area contributed by atoms with Crippen LogP contribution in [0.5, 0.6) is 0 Å². The van der Waals surface area contributed by atoms with E-state index in [0.29, 0.717) is 16.5 Å². The normalized spacial score (nSPS) is 25.9. The molecule has 1 aliphatic carbocycles. The Morgan fingerprint density at radius 3 is 2.86 bits per heavy atom. The number of nitrogens with zero attached hydrogens (tertiary/aromatic N) is 1. The highest BCUT2D eigenvalue weighted by Crippen LogP contribution is 2.26. The van der Waals surface area contributed by atoms with Crippen LogP contribution in [0.3, 0.4) is 0 Å². The standard InChI is InChI=1S/C18H23NO2S/c1-3-8-15-13-16(10-5-4-9-14(15)2)19-17-11-6-7-12-18(17)22(20)21/h5-7,10-14H,3-4,8-9H2,1-2H3,(H,20,21)/b10-5-,15-13-,19-16?. The van der Waals surface area contributed by atoms with E-state index in [2.05, 4.69) is 31.0 Å². The molecule has 0 amide bonds. The van der Waals surface area contributed by atoms with E-state index in [1.807, 2.05) is 12.1 Å². The summed E-state index contributed by atoms with van der Waals surface area (Å²) in [7, 11) is 0. The highest BCUT2D eigenvalue weighted by Gasteiger charge is 2.11. The number of para-hydroxylation sites is 1. The molecule has 0 aromatic heterocycles. The third-order valence-electron chi connectivity index (χ3n) is 3.86. The van der Waals surface area contributed by atoms with Gasteiger partial charge in [-0.25, -0.2) is 9.20 Å². The summed E-state index contributed by atoms with van der Waals surface area (Å²) in [4.78, 5) is 4.96. The lowest BCUT2D eigenvalue weighted by atomic mass is 9.90. The molecular formula is C18H23NO2S. The van der Waals surface area contributed by atoms with Crippen molar-refractivity contribution in [2.24, 2.45) is 10.9 Å². The van der Waals surface area contributed by atoms with E-state index in [1.165, 1.54) is 5.57 Å². The molecule has 1 aromatic rings. The van der Waals surface area contributed by atoms with Gasteiger partial charge in [0.1, 0.15) is 0 Å². The van der Waals surface area contributed by atoms with Crippen molar-refractivity contribution in [3.05, 3.63) is 48.1 Å². The van der Waals surface area contributed by atoms with E-state index >= 15 is 0 Å². The minimum absolute atomic E-state index is 0.351. The minimum atomic E-state index is -2.02. The van der Waals surface area contributed by atoms with Crippen LogP contribution in [0.15, 0.2) is 58.0 Å². The minimum Gasteiger partial charge on any atom is -0.302 e. The van der Waals surface area contributed by atoms with E-state index in [-0.39, 0.29) is 0 Å². The lowest BCUT2D eigenvalue weighted by Crippen LogP contribution is -2.05. The Labute approximate surface area is 135 Å². The SMILES string of the molecule is CCC/C1=C/C(=Nc2ccccc2S(=O)O)/C=C\CCC1C. The maximum Gasteiger partial charge on any atom is 0.188 e. The molecule has 118 valence electrons. The maximum absolute atomic E-state index is 11.4. The highest BCUT2D eigenvalue weighted by molar-refractivity contribution is 7.79. The maximum atomic E-state index is 11.4. The van der Waals surface area contributed by atoms with Crippen molar-refractivity contribution in [1.82, 2.24) is 0 Å². The van der Waals surface area contributed by atoms with Crippen molar-refractivity contribution < 1.29 is 8.76 Å². The van der Waals surface area contributed by atoms with Crippen LogP contribution in [-0.2, 0) is 11.1 Å². The smallest absolute Gasteiger partial charge is 0.188 e. The van der Waals surface area contributed by atoms with Crippen molar-refractivity contribution in [2.75, 3.05) is 0 Å². The van der Waals surface area contributed by atoms with Crippen molar-refractivity contribution in [2.45, 2.75) is 44.4 Å². The topological polar surface area (TPSA) is 49.7 Å². The summed E-state index contributed by atoms with van der Waals surface area (Å²) in [6.45, 7) is 4.44. The van der Waals surface area contributed by atoms with Gasteiger partial charge in [-0.05, 0) is 49.5 Å². The van der Waals surface area contributed by atoms with Crippen LogP contribution in [0.4, 0.5) is 5.69 Å². The molecule has 0 spiro atoms. The summed E-state index contributed by atoms with van der Waals surface area (Å²) in [5.41, 5.74) is 2.82. The summed E-state index contributed by atoms with van der Waals surface area (Å²) in [6.07, 6.45) is 10.7. The van der Waals surface area contributed by atoms with Gasteiger partial charge in [-0.15, -0.1) is 0 Å². The van der Waals surface area contributed by atoms with Crippen LogP contribution in [0, 0.1) is 5.92 Å². The van der Waals surface area contributed by atoms with Gasteiger partial charge in [0.25, 0.3) is 0 Å². The fraction of sp³-hybridized carbons (Fsp3) is 0.389. The van der Waals surface area contributed by atoms with E-state index in [4.69, 9.17) is 0 Å². The molecule has 0 heterocycles. The average Bonchev–Trinajstić information content (AvgIpc) is 2.49. The van der Waals surface area contributed by atoms with Gasteiger partial charge in [0.15, 0.2) is 11.1 Å². The van der Waals surface area contributed by atoms with Gasteiger partial charge in [0.2, 0.25) is 0 Å². The van der Waals surface area contributed by atoms with Crippen LogP contribution in [0.1, 0.15) is 39.5 Å². The molecule has 2 atom stereocenters. The summed E-state index contributed by atoms with van der Waals surface area (Å²) in [6, 6.07) is 7.00. The first-order valence-electron chi connectivity index (χ1n) is 7.77. The predicted molar refractivity (Wildman–Crippen MR) is 93.1 cm³/mol. The molecule has 0 fully saturated rings. The second-order valence-corrected chi connectivity index (χ2v) is 6.54. The van der Waals surface area contributed by atoms with Gasteiger partial charge >= 0.3 is 0 Å². The molecule has 4 heteroatoms. The Hall–Kier alpha value is -1.52. The molecule has 0 radical (unpaired) electrons. The Bertz CT molecular complexity index is 632. The van der Waals surface area contributed by atoms with Gasteiger partial charge in [-0.3, -0.25) is 0 Å². The Kier molecular flexibility index (Phi) is 6.28. The first-order chi connectivity index (χ1) is 10.6. The van der Waals surface area contributed by atoms with Crippen LogP contribution in [0.25, 0.3) is 0 Å². The van der Waals surface area contributed by atoms with Gasteiger partial charge < -0.3 is 4.55 Å². The molecule has 3 nitrogen and oxygen atoms in total. The van der Waals surface area contributed by atoms with Crippen molar-refractivity contribution in [1.29, 1.82) is 0 Å². The largest absolute Gasteiger partial charge is 0.302 e. The average molecular weight is 317 g/mol. The van der Waals surface area contributed by atoms with E-state index in [9.17, 15) is 8.76 Å². The van der Waals surface area contributed by atoms with Gasteiger partial charge in [-0.2, -0.15) is 0 Å². The summed E-state index contributed by atoms with van der Waals surface area (Å²) >= 11 is -2.02. The third kappa shape index (κ3) is 4.49. The van der Waals surface area contributed by atoms with Crippen molar-refractivity contribution in [3.8, 4) is 0 Å². The van der Waals surface area contributed by atoms with E-state index in [0.717, 1.165) is 31.4 Å². The summed E-state index contributed by atoms with van der Waals surface area (Å²) in [5.74, 6) is 0.553. The Balaban J connectivity index is 2.43. The lowest BCUT2D eigenvalue weighted by Gasteiger charge is -2.17. The first kappa shape index (κ1) is 16.8. The van der Waals surface area contributed by atoms with Crippen molar-refractivity contribution >= 4 is 22.5 Å². The fourth-order valence-electron chi connectivity index (χ4n) is 2.63. The second kappa shape index (κ2) is 8.20. The molecule has 0 aliphatic heterocycles. The van der Waals surface area contributed by atoms with Gasteiger partial charge in [0, 0.05) is 0 Å². The quantitative estimate of drug-likeness (QED) is 0.790. The zero-order chi connectivity index (χ0) is 15.9. The molecule has 22 heavy (non-hydrogen) atoms. The second-order valence-electron chi connectivity index (χ2n) is 5.60. The molecule has 1 N–H and O–H groups in total. The molecule has 2 rings (SSSR count).